The zero-order valence-electron chi connectivity index (χ0n) is 16.7. The van der Waals surface area contributed by atoms with Crippen molar-refractivity contribution >= 4 is 73.4 Å². The number of nitrogens with zero attached hydrogens (tertiary/aromatic N) is 2. The summed E-state index contributed by atoms with van der Waals surface area (Å²) in [6.07, 6.45) is 0. The summed E-state index contributed by atoms with van der Waals surface area (Å²) in [5, 5.41) is 4.19. The van der Waals surface area contributed by atoms with E-state index < -0.39 is 0 Å². The van der Waals surface area contributed by atoms with Crippen molar-refractivity contribution in [3.8, 4) is 5.69 Å². The number of thioether (sulfide) groups is 1. The maximum Gasteiger partial charge on any atom is 0.267 e. The number of carbonyl (C=O) groups is 1. The van der Waals surface area contributed by atoms with Crippen LogP contribution in [0.15, 0.2) is 74.8 Å². The molecule has 0 aliphatic carbocycles. The standard InChI is InChI=1S/C23H16BrCl2N3O2S/c1-13-27-20-4-2-3-19(26)22(20)23(31)29(13)15-6-8-16(9-7-15)32-12-21(30)28-14-5-10-18(25)17(24)11-14/h2-11H,12H2,1H3,(H,28,30). The first-order valence-corrected chi connectivity index (χ1v) is 12.0. The number of hydrogen-bond donors (Lipinski definition) is 1. The van der Waals surface area contributed by atoms with Crippen LogP contribution in [0.3, 0.4) is 0 Å². The Balaban J connectivity index is 1.49. The summed E-state index contributed by atoms with van der Waals surface area (Å²) in [6.45, 7) is 1.78. The van der Waals surface area contributed by atoms with Crippen LogP contribution in [0.1, 0.15) is 5.82 Å². The molecule has 0 radical (unpaired) electrons. The summed E-state index contributed by atoms with van der Waals surface area (Å²) in [5.74, 6) is 0.679. The minimum Gasteiger partial charge on any atom is -0.325 e. The van der Waals surface area contributed by atoms with Gasteiger partial charge in [0.1, 0.15) is 5.82 Å². The first kappa shape index (κ1) is 22.9. The molecule has 9 heteroatoms. The van der Waals surface area contributed by atoms with Crippen molar-refractivity contribution in [3.63, 3.8) is 0 Å². The molecule has 0 saturated heterocycles. The fourth-order valence-corrected chi connectivity index (χ4v) is 4.66. The van der Waals surface area contributed by atoms with Crippen LogP contribution in [-0.4, -0.2) is 21.2 Å². The van der Waals surface area contributed by atoms with E-state index in [0.717, 1.165) is 9.37 Å². The SMILES string of the molecule is Cc1nc2cccc(Cl)c2c(=O)n1-c1ccc(SCC(=O)Nc2ccc(Cl)c(Br)c2)cc1. The van der Waals surface area contributed by atoms with Gasteiger partial charge in [-0.2, -0.15) is 0 Å². The van der Waals surface area contributed by atoms with E-state index in [1.807, 2.05) is 24.3 Å². The molecule has 0 aliphatic rings. The molecule has 0 unspecified atom stereocenters. The third kappa shape index (κ3) is 4.86. The van der Waals surface area contributed by atoms with Gasteiger partial charge in [0.15, 0.2) is 0 Å². The topological polar surface area (TPSA) is 64.0 Å². The Labute approximate surface area is 206 Å². The normalized spacial score (nSPS) is 11.0. The van der Waals surface area contributed by atoms with Gasteiger partial charge < -0.3 is 5.32 Å². The third-order valence-corrected chi connectivity index (χ3v) is 7.22. The molecule has 0 bridgehead atoms. The highest BCUT2D eigenvalue weighted by Crippen LogP contribution is 2.26. The van der Waals surface area contributed by atoms with Crippen molar-refractivity contribution in [2.45, 2.75) is 11.8 Å². The molecular formula is C23H16BrCl2N3O2S. The zero-order chi connectivity index (χ0) is 22.8. The van der Waals surface area contributed by atoms with Gasteiger partial charge in [-0.05, 0) is 77.5 Å². The summed E-state index contributed by atoms with van der Waals surface area (Å²) in [5.41, 5.74) is 1.70. The molecule has 1 aromatic heterocycles. The van der Waals surface area contributed by atoms with Crippen LogP contribution in [0.2, 0.25) is 10.0 Å². The Morgan fingerprint density at radius 3 is 2.56 bits per heavy atom. The molecule has 4 aromatic rings. The van der Waals surface area contributed by atoms with Crippen LogP contribution in [-0.2, 0) is 4.79 Å². The number of fused-ring (bicyclic) bond motifs is 1. The maximum atomic E-state index is 13.1. The quantitative estimate of drug-likeness (QED) is 0.289. The van der Waals surface area contributed by atoms with Crippen molar-refractivity contribution in [1.29, 1.82) is 0 Å². The second-order valence-corrected chi connectivity index (χ2v) is 9.61. The maximum absolute atomic E-state index is 13.1. The molecule has 4 rings (SSSR count). The Bertz CT molecular complexity index is 1390. The van der Waals surface area contributed by atoms with Gasteiger partial charge in [0.2, 0.25) is 5.91 Å². The number of anilines is 1. The lowest BCUT2D eigenvalue weighted by molar-refractivity contribution is -0.113. The molecule has 162 valence electrons. The largest absolute Gasteiger partial charge is 0.325 e. The van der Waals surface area contributed by atoms with Gasteiger partial charge in [-0.15, -0.1) is 11.8 Å². The molecule has 0 atom stereocenters. The molecule has 3 aromatic carbocycles. The molecule has 0 aliphatic heterocycles. The second kappa shape index (κ2) is 9.67. The molecule has 32 heavy (non-hydrogen) atoms. The van der Waals surface area contributed by atoms with E-state index in [4.69, 9.17) is 23.2 Å². The lowest BCUT2D eigenvalue weighted by atomic mass is 10.2. The Morgan fingerprint density at radius 2 is 1.84 bits per heavy atom. The predicted molar refractivity (Wildman–Crippen MR) is 136 cm³/mol. The van der Waals surface area contributed by atoms with E-state index in [1.165, 1.54) is 16.3 Å². The summed E-state index contributed by atoms with van der Waals surface area (Å²) < 4.78 is 2.25. The van der Waals surface area contributed by atoms with Crippen LogP contribution in [0.5, 0.6) is 0 Å². The number of benzene rings is 3. The Morgan fingerprint density at radius 1 is 1.09 bits per heavy atom. The number of amides is 1. The summed E-state index contributed by atoms with van der Waals surface area (Å²) in [7, 11) is 0. The summed E-state index contributed by atoms with van der Waals surface area (Å²) in [4.78, 5) is 30.7. The van der Waals surface area contributed by atoms with Crippen LogP contribution in [0, 0.1) is 6.92 Å². The van der Waals surface area contributed by atoms with E-state index in [-0.39, 0.29) is 17.2 Å². The molecular weight excluding hydrogens is 533 g/mol. The molecule has 0 fully saturated rings. The molecule has 0 spiro atoms. The second-order valence-electron chi connectivity index (χ2n) is 6.89. The summed E-state index contributed by atoms with van der Waals surface area (Å²) in [6, 6.07) is 17.8. The smallest absolute Gasteiger partial charge is 0.267 e. The van der Waals surface area contributed by atoms with E-state index in [1.54, 1.807) is 43.3 Å². The van der Waals surface area contributed by atoms with Crippen molar-refractivity contribution in [1.82, 2.24) is 9.55 Å². The van der Waals surface area contributed by atoms with Gasteiger partial charge in [-0.1, -0.05) is 29.3 Å². The number of carbonyl (C=O) groups excluding carboxylic acids is 1. The van der Waals surface area contributed by atoms with Crippen molar-refractivity contribution in [3.05, 3.63) is 91.4 Å². The lowest BCUT2D eigenvalue weighted by Crippen LogP contribution is -2.22. The highest BCUT2D eigenvalue weighted by atomic mass is 79.9. The first-order valence-electron chi connectivity index (χ1n) is 9.49. The minimum atomic E-state index is -0.216. The van der Waals surface area contributed by atoms with Gasteiger partial charge in [-0.3, -0.25) is 14.2 Å². The average Bonchev–Trinajstić information content (AvgIpc) is 2.75. The van der Waals surface area contributed by atoms with Crippen LogP contribution >= 0.6 is 50.9 Å². The number of nitrogens with one attached hydrogen (secondary N) is 1. The fourth-order valence-electron chi connectivity index (χ4n) is 3.22. The van der Waals surface area contributed by atoms with Gasteiger partial charge in [0.25, 0.3) is 5.56 Å². The minimum absolute atomic E-state index is 0.131. The number of rotatable bonds is 5. The van der Waals surface area contributed by atoms with E-state index in [9.17, 15) is 9.59 Å². The molecule has 0 saturated carbocycles. The van der Waals surface area contributed by atoms with Gasteiger partial charge in [-0.25, -0.2) is 4.98 Å². The van der Waals surface area contributed by atoms with Crippen LogP contribution in [0.25, 0.3) is 16.6 Å². The van der Waals surface area contributed by atoms with Gasteiger partial charge in [0, 0.05) is 15.1 Å². The highest BCUT2D eigenvalue weighted by Gasteiger charge is 2.13. The molecule has 1 heterocycles. The number of hydrogen-bond acceptors (Lipinski definition) is 4. The van der Waals surface area contributed by atoms with Crippen LogP contribution in [0.4, 0.5) is 5.69 Å². The van der Waals surface area contributed by atoms with Gasteiger partial charge in [0.05, 0.1) is 32.4 Å². The summed E-state index contributed by atoms with van der Waals surface area (Å²) >= 11 is 17.0. The predicted octanol–water partition coefficient (Wildman–Crippen LogP) is 6.49. The Kier molecular flexibility index (Phi) is 6.90. The number of halogens is 3. The van der Waals surface area contributed by atoms with E-state index in [0.29, 0.717) is 38.1 Å². The third-order valence-electron chi connectivity index (χ3n) is 4.68. The first-order chi connectivity index (χ1) is 15.3. The average molecular weight is 549 g/mol. The monoisotopic (exact) mass is 547 g/mol. The van der Waals surface area contributed by atoms with Crippen LogP contribution < -0.4 is 10.9 Å². The van der Waals surface area contributed by atoms with E-state index in [2.05, 4.69) is 26.2 Å². The molecule has 5 nitrogen and oxygen atoms in total. The molecule has 1 amide bonds. The fraction of sp³-hybridized carbons (Fsp3) is 0.0870. The van der Waals surface area contributed by atoms with E-state index >= 15 is 0 Å². The number of aryl methyl sites for hydroxylation is 1. The zero-order valence-corrected chi connectivity index (χ0v) is 20.6. The molecule has 1 N–H and O–H groups in total. The van der Waals surface area contributed by atoms with Crippen molar-refractivity contribution in [2.75, 3.05) is 11.1 Å². The lowest BCUT2D eigenvalue weighted by Gasteiger charge is -2.12. The Hall–Kier alpha value is -2.32. The van der Waals surface area contributed by atoms with Crippen molar-refractivity contribution < 1.29 is 4.79 Å². The van der Waals surface area contributed by atoms with Crippen molar-refractivity contribution in [2.24, 2.45) is 0 Å². The van der Waals surface area contributed by atoms with Gasteiger partial charge >= 0.3 is 0 Å². The number of aromatic nitrogens is 2. The highest BCUT2D eigenvalue weighted by molar-refractivity contribution is 9.10.